The highest BCUT2D eigenvalue weighted by Gasteiger charge is 2.40. The van der Waals surface area contributed by atoms with Gasteiger partial charge in [0, 0.05) is 0 Å². The van der Waals surface area contributed by atoms with Crippen molar-refractivity contribution in [2.75, 3.05) is 26.4 Å². The Balaban J connectivity index is 1.49. The Kier molecular flexibility index (Phi) is 30.4. The quantitative estimate of drug-likeness (QED) is 0.0145. The molecule has 81 heavy (non-hydrogen) atoms. The number of carbonyl (C=O) groups excluding carboxylic acids is 8. The lowest BCUT2D eigenvalue weighted by molar-refractivity contribution is -0.223. The van der Waals surface area contributed by atoms with E-state index in [1.807, 2.05) is 0 Å². The first-order chi connectivity index (χ1) is 39.3. The van der Waals surface area contributed by atoms with Crippen molar-refractivity contribution in [2.45, 2.75) is 156 Å². The zero-order chi connectivity index (χ0) is 58.5. The van der Waals surface area contributed by atoms with Gasteiger partial charge in [0.05, 0.1) is 22.3 Å². The van der Waals surface area contributed by atoms with Crippen molar-refractivity contribution < 1.29 is 96.4 Å². The summed E-state index contributed by atoms with van der Waals surface area (Å²) in [5.41, 5.74) is 1.79. The van der Waals surface area contributed by atoms with Gasteiger partial charge in [-0.15, -0.1) is 0 Å². The van der Waals surface area contributed by atoms with Crippen LogP contribution in [0.25, 0.3) is 0 Å². The Bertz CT molecular complexity index is 2190. The van der Waals surface area contributed by atoms with Gasteiger partial charge in [0.25, 0.3) is 0 Å². The summed E-state index contributed by atoms with van der Waals surface area (Å²) in [6, 6.07) is 25.7. The molecule has 0 fully saturated rings. The van der Waals surface area contributed by atoms with Gasteiger partial charge in [-0.1, -0.05) is 153 Å². The molecular weight excluding hydrogens is 1050 g/mol. The molecule has 0 saturated heterocycles. The fourth-order valence-corrected chi connectivity index (χ4v) is 7.93. The van der Waals surface area contributed by atoms with Crippen LogP contribution in [0, 0.1) is 5.41 Å². The molecule has 0 saturated carbocycles. The van der Waals surface area contributed by atoms with Gasteiger partial charge in [0.2, 0.25) is 0 Å². The molecule has 0 N–H and O–H groups in total. The third kappa shape index (κ3) is 26.1. The third-order valence-corrected chi connectivity index (χ3v) is 12.8. The minimum atomic E-state index is -2.24. The predicted octanol–water partition coefficient (Wildman–Crippen LogP) is 14.2. The van der Waals surface area contributed by atoms with Gasteiger partial charge in [-0.25, -0.2) is 58.3 Å². The Morgan fingerprint density at radius 2 is 0.469 bits per heavy atom. The molecule has 0 aliphatic rings. The number of benzene rings is 4. The second-order valence-corrected chi connectivity index (χ2v) is 19.5. The molecule has 440 valence electrons. The van der Waals surface area contributed by atoms with Crippen LogP contribution in [-0.2, 0) is 83.7 Å². The van der Waals surface area contributed by atoms with Crippen LogP contribution in [0.5, 0.6) is 0 Å². The molecule has 0 aliphatic carbocycles. The van der Waals surface area contributed by atoms with Crippen molar-refractivity contribution in [3.63, 3.8) is 0 Å². The van der Waals surface area contributed by atoms with Gasteiger partial charge in [-0.2, -0.15) is 19.2 Å². The van der Waals surface area contributed by atoms with Crippen molar-refractivity contribution in [1.82, 2.24) is 0 Å². The van der Waals surface area contributed by atoms with Gasteiger partial charge in [-0.05, 0) is 122 Å². The molecule has 20 heteroatoms. The fraction of sp³-hybridized carbons (Fsp3) is 0.475. The first kappa shape index (κ1) is 65.4. The molecule has 0 bridgehead atoms. The summed E-state index contributed by atoms with van der Waals surface area (Å²) in [6.07, 6.45) is 13.3. The fourth-order valence-electron chi connectivity index (χ4n) is 7.93. The van der Waals surface area contributed by atoms with Gasteiger partial charge in [-0.3, -0.25) is 0 Å². The Hall–Kier alpha value is -8.16. The third-order valence-electron chi connectivity index (χ3n) is 12.8. The SMILES string of the molecule is CCCCCCc1ccc(C(=O)OOC(=O)OCC(COC(=O)OOC(=O)c2ccc(CCCCCC)cc2)(COC(=O)OOC(=O)c2ccc(CCCCCC)cc2)COC(=O)OOC(=O)c2ccc(CCCCCC)cc2)cc1. The number of aryl methyl sites for hydroxylation is 4. The maximum atomic E-state index is 13.0. The highest BCUT2D eigenvalue weighted by molar-refractivity contribution is 5.91. The number of carbonyl (C=O) groups is 8. The molecule has 20 nitrogen and oxygen atoms in total. The zero-order valence-corrected chi connectivity index (χ0v) is 46.9. The molecule has 0 heterocycles. The van der Waals surface area contributed by atoms with E-state index in [1.54, 1.807) is 48.5 Å². The lowest BCUT2D eigenvalue weighted by Gasteiger charge is -2.30. The molecule has 0 radical (unpaired) electrons. The molecule has 0 atom stereocenters. The largest absolute Gasteiger partial charge is 0.549 e. The summed E-state index contributed by atoms with van der Waals surface area (Å²) in [5.74, 6) is -4.30. The number of ether oxygens (including phenoxy) is 4. The molecule has 4 rings (SSSR count). The summed E-state index contributed by atoms with van der Waals surface area (Å²) in [7, 11) is 0. The zero-order valence-electron chi connectivity index (χ0n) is 46.9. The Morgan fingerprint density at radius 3 is 0.654 bits per heavy atom. The summed E-state index contributed by atoms with van der Waals surface area (Å²) >= 11 is 0. The maximum absolute atomic E-state index is 13.0. The van der Waals surface area contributed by atoms with Crippen LogP contribution < -0.4 is 0 Å². The van der Waals surface area contributed by atoms with Gasteiger partial charge in [0.15, 0.2) is 0 Å². The molecular formula is C61H76O20. The van der Waals surface area contributed by atoms with Crippen molar-refractivity contribution in [3.05, 3.63) is 142 Å². The second-order valence-electron chi connectivity index (χ2n) is 19.5. The van der Waals surface area contributed by atoms with Gasteiger partial charge >= 0.3 is 48.5 Å². The van der Waals surface area contributed by atoms with Crippen LogP contribution in [0.4, 0.5) is 19.2 Å². The summed E-state index contributed by atoms with van der Waals surface area (Å²) in [5, 5.41) is 0. The number of unbranched alkanes of at least 4 members (excludes halogenated alkanes) is 12. The number of rotatable bonds is 32. The molecule has 4 aromatic carbocycles. The second kappa shape index (κ2) is 37.7. The van der Waals surface area contributed by atoms with Crippen LogP contribution in [0.1, 0.15) is 194 Å². The molecule has 0 unspecified atom stereocenters. The lowest BCUT2D eigenvalue weighted by atomic mass is 9.92. The van der Waals surface area contributed by atoms with E-state index < -0.39 is 80.3 Å². The highest BCUT2D eigenvalue weighted by atomic mass is 17.3. The lowest BCUT2D eigenvalue weighted by Crippen LogP contribution is -2.44. The smallest absolute Gasteiger partial charge is 0.431 e. The van der Waals surface area contributed by atoms with E-state index in [1.165, 1.54) is 48.5 Å². The monoisotopic (exact) mass is 1130 g/mol. The first-order valence-corrected chi connectivity index (χ1v) is 27.8. The average Bonchev–Trinajstić information content (AvgIpc) is 3.49. The minimum Gasteiger partial charge on any atom is -0.431 e. The standard InChI is InChI=1S/C61H76O20/c1-5-9-13-17-21-45-25-33-49(34-26-45)53(62)74-78-57(66)70-41-61(42-71-58(67)79-75-54(63)50-35-27-46(28-36-50)22-18-14-10-6-2,43-72-59(68)80-76-55(64)51-37-29-47(30-38-51)23-19-15-11-7-3)44-73-60(69)81-77-56(65)52-39-31-48(32-40-52)24-20-16-12-8-4/h25-40H,5-24,41-44H2,1-4H3. The molecule has 0 aliphatic heterocycles. The van der Waals surface area contributed by atoms with E-state index in [4.69, 9.17) is 38.5 Å². The first-order valence-electron chi connectivity index (χ1n) is 27.8. The van der Waals surface area contributed by atoms with E-state index in [0.717, 1.165) is 151 Å². The predicted molar refractivity (Wildman–Crippen MR) is 291 cm³/mol. The van der Waals surface area contributed by atoms with Crippen molar-refractivity contribution >= 4 is 48.5 Å². The van der Waals surface area contributed by atoms with Crippen LogP contribution in [-0.4, -0.2) is 74.9 Å². The van der Waals surface area contributed by atoms with E-state index in [2.05, 4.69) is 47.2 Å². The summed E-state index contributed by atoms with van der Waals surface area (Å²) in [6.45, 7) is 4.12. The van der Waals surface area contributed by atoms with Crippen molar-refractivity contribution in [3.8, 4) is 0 Å². The maximum Gasteiger partial charge on any atom is 0.549 e. The number of hydrogen-bond donors (Lipinski definition) is 0. The summed E-state index contributed by atoms with van der Waals surface area (Å²) < 4.78 is 20.8. The topological polar surface area (TPSA) is 247 Å². The van der Waals surface area contributed by atoms with E-state index in [9.17, 15) is 38.4 Å². The van der Waals surface area contributed by atoms with Crippen LogP contribution in [0.15, 0.2) is 97.1 Å². The molecule has 0 aromatic heterocycles. The number of hydrogen-bond acceptors (Lipinski definition) is 20. The van der Waals surface area contributed by atoms with E-state index >= 15 is 0 Å². The molecule has 4 aromatic rings. The van der Waals surface area contributed by atoms with Crippen molar-refractivity contribution in [2.24, 2.45) is 5.41 Å². The van der Waals surface area contributed by atoms with Crippen LogP contribution in [0.3, 0.4) is 0 Å². The van der Waals surface area contributed by atoms with Gasteiger partial charge in [0.1, 0.15) is 31.8 Å². The average molecular weight is 1130 g/mol. The van der Waals surface area contributed by atoms with Crippen LogP contribution >= 0.6 is 0 Å². The minimum absolute atomic E-state index is 0.0294. The summed E-state index contributed by atoms with van der Waals surface area (Å²) in [4.78, 5) is 141. The molecule has 0 spiro atoms. The van der Waals surface area contributed by atoms with Crippen LogP contribution in [0.2, 0.25) is 0 Å². The van der Waals surface area contributed by atoms with E-state index in [-0.39, 0.29) is 22.3 Å². The Morgan fingerprint density at radius 1 is 0.272 bits per heavy atom. The van der Waals surface area contributed by atoms with Crippen molar-refractivity contribution in [1.29, 1.82) is 0 Å². The normalized spacial score (nSPS) is 10.8. The highest BCUT2D eigenvalue weighted by Crippen LogP contribution is 2.24. The van der Waals surface area contributed by atoms with Gasteiger partial charge < -0.3 is 18.9 Å². The molecule has 0 amide bonds. The Labute approximate surface area is 472 Å². The van der Waals surface area contributed by atoms with E-state index in [0.29, 0.717) is 0 Å².